The number of hydrogen-bond donors (Lipinski definition) is 1. The van der Waals surface area contributed by atoms with Gasteiger partial charge in [-0.1, -0.05) is 0 Å². The van der Waals surface area contributed by atoms with Gasteiger partial charge in [0, 0.05) is 5.92 Å². The summed E-state index contributed by atoms with van der Waals surface area (Å²) in [7, 11) is -3.58. The average Bonchev–Trinajstić information content (AvgIpc) is 3.32. The third-order valence-corrected chi connectivity index (χ3v) is 6.96. The molecular weight excluding hydrogens is 331 g/mol. The minimum atomic E-state index is -3.58. The number of nitrogens with zero attached hydrogens (tertiary/aromatic N) is 1. The number of carbonyl (C=O) groups excluding carboxylic acids is 1. The lowest BCUT2D eigenvalue weighted by atomic mass is 9.79. The summed E-state index contributed by atoms with van der Waals surface area (Å²) in [5.74, 6) is -0.704. The van der Waals surface area contributed by atoms with Crippen molar-refractivity contribution < 1.29 is 17.6 Å². The maximum absolute atomic E-state index is 13.0. The second kappa shape index (κ2) is 6.52. The van der Waals surface area contributed by atoms with Crippen LogP contribution in [0.5, 0.6) is 0 Å². The van der Waals surface area contributed by atoms with Crippen molar-refractivity contribution in [1.29, 1.82) is 5.26 Å². The molecule has 4 atom stereocenters. The zero-order chi connectivity index (χ0) is 17.3. The van der Waals surface area contributed by atoms with Gasteiger partial charge in [0.2, 0.25) is 5.91 Å². The number of nitriles is 1. The highest BCUT2D eigenvalue weighted by Crippen LogP contribution is 2.55. The van der Waals surface area contributed by atoms with Crippen LogP contribution >= 0.6 is 0 Å². The van der Waals surface area contributed by atoms with Crippen LogP contribution in [0.15, 0.2) is 29.2 Å². The Morgan fingerprint density at radius 2 is 2.00 bits per heavy atom. The number of benzene rings is 1. The van der Waals surface area contributed by atoms with E-state index in [0.29, 0.717) is 12.3 Å². The Bertz CT molecular complexity index is 770. The number of nitrogens with one attached hydrogen (secondary N) is 1. The normalized spacial score (nSPS) is 28.5. The Labute approximate surface area is 140 Å². The maximum atomic E-state index is 13.0. The zero-order valence-corrected chi connectivity index (χ0v) is 13.9. The lowest BCUT2D eigenvalue weighted by Crippen LogP contribution is -2.41. The summed E-state index contributed by atoms with van der Waals surface area (Å²) >= 11 is 0. The van der Waals surface area contributed by atoms with Crippen molar-refractivity contribution in [3.8, 4) is 6.07 Å². The molecule has 1 amide bonds. The first kappa shape index (κ1) is 16.9. The van der Waals surface area contributed by atoms with Crippen LogP contribution in [-0.4, -0.2) is 26.6 Å². The Balaban J connectivity index is 1.77. The van der Waals surface area contributed by atoms with Crippen LogP contribution in [0.3, 0.4) is 0 Å². The molecule has 0 spiro atoms. The summed E-state index contributed by atoms with van der Waals surface area (Å²) in [4.78, 5) is 12.4. The van der Waals surface area contributed by atoms with E-state index in [-0.39, 0.29) is 40.9 Å². The fourth-order valence-electron chi connectivity index (χ4n) is 3.86. The second-order valence-electron chi connectivity index (χ2n) is 6.63. The molecule has 0 bridgehead atoms. The number of carbonyl (C=O) groups is 1. The van der Waals surface area contributed by atoms with Crippen LogP contribution in [0.4, 0.5) is 4.39 Å². The minimum absolute atomic E-state index is 0.0653. The molecule has 3 rings (SSSR count). The molecule has 128 valence electrons. The number of amides is 1. The average molecular weight is 350 g/mol. The maximum Gasteiger partial charge on any atom is 0.224 e. The van der Waals surface area contributed by atoms with Gasteiger partial charge in [0.25, 0.3) is 0 Å². The van der Waals surface area contributed by atoms with E-state index in [1.165, 1.54) is 12.1 Å². The van der Waals surface area contributed by atoms with Crippen LogP contribution in [-0.2, 0) is 14.6 Å². The zero-order valence-electron chi connectivity index (χ0n) is 13.1. The van der Waals surface area contributed by atoms with Crippen LogP contribution in [0, 0.1) is 40.8 Å². The van der Waals surface area contributed by atoms with Crippen LogP contribution in [0.2, 0.25) is 0 Å². The Hall–Kier alpha value is -1.94. The predicted octanol–water partition coefficient (Wildman–Crippen LogP) is 1.90. The SMILES string of the molecule is N#CCNC(=O)[C@H]1[C@@H](CS(=O)(=O)c2ccc(F)cc2)CC[C@H]2C[C@@H]21. The molecule has 0 unspecified atom stereocenters. The molecule has 1 N–H and O–H groups in total. The number of hydrogen-bond acceptors (Lipinski definition) is 4. The smallest absolute Gasteiger partial charge is 0.224 e. The highest BCUT2D eigenvalue weighted by atomic mass is 32.2. The minimum Gasteiger partial charge on any atom is -0.343 e. The van der Waals surface area contributed by atoms with Gasteiger partial charge in [-0.3, -0.25) is 4.79 Å². The first-order chi connectivity index (χ1) is 11.4. The van der Waals surface area contributed by atoms with Crippen molar-refractivity contribution >= 4 is 15.7 Å². The fourth-order valence-corrected chi connectivity index (χ4v) is 5.54. The van der Waals surface area contributed by atoms with Crippen LogP contribution in [0.1, 0.15) is 19.3 Å². The summed E-state index contributed by atoms with van der Waals surface area (Å²) in [5, 5.41) is 11.2. The van der Waals surface area contributed by atoms with Crippen LogP contribution < -0.4 is 5.32 Å². The Kier molecular flexibility index (Phi) is 4.59. The van der Waals surface area contributed by atoms with Crippen molar-refractivity contribution in [2.45, 2.75) is 24.2 Å². The number of halogens is 1. The van der Waals surface area contributed by atoms with Crippen molar-refractivity contribution in [2.24, 2.45) is 23.7 Å². The second-order valence-corrected chi connectivity index (χ2v) is 8.67. The van der Waals surface area contributed by atoms with Crippen molar-refractivity contribution in [3.05, 3.63) is 30.1 Å². The fraction of sp³-hybridized carbons (Fsp3) is 0.529. The van der Waals surface area contributed by atoms with E-state index in [0.717, 1.165) is 25.0 Å². The number of fused-ring (bicyclic) bond motifs is 1. The molecule has 0 saturated heterocycles. The van der Waals surface area contributed by atoms with E-state index in [1.54, 1.807) is 0 Å². The van der Waals surface area contributed by atoms with Crippen LogP contribution in [0.25, 0.3) is 0 Å². The molecule has 7 heteroatoms. The topological polar surface area (TPSA) is 87.0 Å². The van der Waals surface area contributed by atoms with Gasteiger partial charge in [0.05, 0.1) is 16.7 Å². The summed E-state index contributed by atoms with van der Waals surface area (Å²) in [6.45, 7) is -0.0653. The lowest BCUT2D eigenvalue weighted by Gasteiger charge is -2.30. The molecule has 2 saturated carbocycles. The molecule has 2 aliphatic rings. The highest BCUT2D eigenvalue weighted by molar-refractivity contribution is 7.91. The molecule has 2 fully saturated rings. The Morgan fingerprint density at radius 1 is 1.29 bits per heavy atom. The monoisotopic (exact) mass is 350 g/mol. The van der Waals surface area contributed by atoms with Gasteiger partial charge < -0.3 is 5.32 Å². The highest BCUT2D eigenvalue weighted by Gasteiger charge is 2.52. The molecule has 0 radical (unpaired) electrons. The first-order valence-corrected chi connectivity index (χ1v) is 9.70. The van der Waals surface area contributed by atoms with Crippen molar-refractivity contribution in [1.82, 2.24) is 5.32 Å². The summed E-state index contributed by atoms with van der Waals surface area (Å²) in [5.41, 5.74) is 0. The van der Waals surface area contributed by atoms with Gasteiger partial charge in [-0.25, -0.2) is 12.8 Å². The van der Waals surface area contributed by atoms with E-state index < -0.39 is 15.7 Å². The molecule has 0 aliphatic heterocycles. The van der Waals surface area contributed by atoms with E-state index in [4.69, 9.17) is 5.26 Å². The summed E-state index contributed by atoms with van der Waals surface area (Å²) < 4.78 is 38.2. The van der Waals surface area contributed by atoms with E-state index in [1.807, 2.05) is 6.07 Å². The summed E-state index contributed by atoms with van der Waals surface area (Å²) in [6.07, 6.45) is 2.58. The van der Waals surface area contributed by atoms with Gasteiger partial charge >= 0.3 is 0 Å². The molecule has 0 aromatic heterocycles. The van der Waals surface area contributed by atoms with Gasteiger partial charge in [0.1, 0.15) is 12.4 Å². The van der Waals surface area contributed by atoms with E-state index in [2.05, 4.69) is 5.32 Å². The van der Waals surface area contributed by atoms with Gasteiger partial charge in [0.15, 0.2) is 9.84 Å². The molecule has 5 nitrogen and oxygen atoms in total. The third-order valence-electron chi connectivity index (χ3n) is 5.11. The largest absolute Gasteiger partial charge is 0.343 e. The Morgan fingerprint density at radius 3 is 2.67 bits per heavy atom. The summed E-state index contributed by atoms with van der Waals surface area (Å²) in [6, 6.07) is 6.65. The lowest BCUT2D eigenvalue weighted by molar-refractivity contribution is -0.127. The number of rotatable bonds is 5. The molecule has 1 aromatic rings. The predicted molar refractivity (Wildman–Crippen MR) is 84.9 cm³/mol. The standard InChI is InChI=1S/C17H19FN2O3S/c18-13-3-5-14(6-4-13)24(22,23)10-12-2-1-11-9-15(11)16(12)17(21)20-8-7-19/h3-6,11-12,15-16H,1-2,8-10H2,(H,20,21)/t11-,12+,15-,16-/m0/s1. The van der Waals surface area contributed by atoms with Gasteiger partial charge in [-0.15, -0.1) is 0 Å². The van der Waals surface area contributed by atoms with E-state index >= 15 is 0 Å². The molecule has 2 aliphatic carbocycles. The van der Waals surface area contributed by atoms with E-state index in [9.17, 15) is 17.6 Å². The van der Waals surface area contributed by atoms with Crippen molar-refractivity contribution in [3.63, 3.8) is 0 Å². The van der Waals surface area contributed by atoms with Crippen molar-refractivity contribution in [2.75, 3.05) is 12.3 Å². The molecule has 0 heterocycles. The van der Waals surface area contributed by atoms with Gasteiger partial charge in [-0.05, 0) is 61.3 Å². The first-order valence-electron chi connectivity index (χ1n) is 8.05. The molecular formula is C17H19FN2O3S. The molecule has 1 aromatic carbocycles. The van der Waals surface area contributed by atoms with Gasteiger partial charge in [-0.2, -0.15) is 5.26 Å². The quantitative estimate of drug-likeness (QED) is 0.649. The number of sulfone groups is 1. The third kappa shape index (κ3) is 3.44. The molecule has 24 heavy (non-hydrogen) atoms.